The molecule has 0 aliphatic rings. The minimum absolute atomic E-state index is 0. The zero-order valence-corrected chi connectivity index (χ0v) is 19.0. The molecule has 3 heterocycles. The monoisotopic (exact) mass is 611 g/mol. The number of ether oxygens (including phenoxy) is 1. The van der Waals surface area contributed by atoms with Crippen molar-refractivity contribution < 1.29 is 25.8 Å². The zero-order chi connectivity index (χ0) is 21.3. The number of hydrogen-bond donors (Lipinski definition) is 0. The van der Waals surface area contributed by atoms with Gasteiger partial charge in [-0.25, -0.2) is 16.1 Å². The maximum atomic E-state index is 5.67. The van der Waals surface area contributed by atoms with Crippen LogP contribution in [0.2, 0.25) is 0 Å². The number of nitrogens with zero attached hydrogens (tertiary/aromatic N) is 8. The van der Waals surface area contributed by atoms with Crippen molar-refractivity contribution in [2.24, 2.45) is 0 Å². The van der Waals surface area contributed by atoms with E-state index in [-0.39, 0.29) is 27.1 Å². The third-order valence-corrected chi connectivity index (χ3v) is 4.90. The third-order valence-electron chi connectivity index (χ3n) is 4.90. The van der Waals surface area contributed by atoms with Crippen LogP contribution in [0.1, 0.15) is 0 Å². The Morgan fingerprint density at radius 3 is 2.42 bits per heavy atom. The number of aromatic nitrogens is 8. The van der Waals surface area contributed by atoms with E-state index < -0.39 is 0 Å². The Hall–Kier alpha value is -4.10. The molecule has 0 bridgehead atoms. The first-order valence-corrected chi connectivity index (χ1v) is 9.67. The van der Waals surface area contributed by atoms with Gasteiger partial charge in [0.1, 0.15) is 0 Å². The Kier molecular flexibility index (Phi) is 5.54. The average Bonchev–Trinajstić information content (AvgIpc) is 3.19. The van der Waals surface area contributed by atoms with Crippen LogP contribution in [0.3, 0.4) is 0 Å². The van der Waals surface area contributed by atoms with Gasteiger partial charge in [0.15, 0.2) is 6.33 Å². The molecule has 0 unspecified atom stereocenters. The van der Waals surface area contributed by atoms with Gasteiger partial charge in [0.25, 0.3) is 5.95 Å². The largest absolute Gasteiger partial charge is 2.00 e. The summed E-state index contributed by atoms with van der Waals surface area (Å²) < 4.78 is 7.57. The van der Waals surface area contributed by atoms with E-state index in [0.717, 1.165) is 32.9 Å². The van der Waals surface area contributed by atoms with Gasteiger partial charge in [-0.1, -0.05) is 28.7 Å². The molecular formula is C23H12N8OPt. The number of rotatable bonds is 4. The van der Waals surface area contributed by atoms with Crippen LogP contribution in [-0.4, -0.2) is 40.1 Å². The molecule has 0 N–H and O–H groups in total. The molecule has 0 aliphatic carbocycles. The molecule has 0 aliphatic heterocycles. The Morgan fingerprint density at radius 2 is 1.58 bits per heavy atom. The van der Waals surface area contributed by atoms with E-state index in [1.807, 2.05) is 41.0 Å². The predicted molar refractivity (Wildman–Crippen MR) is 115 cm³/mol. The van der Waals surface area contributed by atoms with Gasteiger partial charge >= 0.3 is 27.1 Å². The van der Waals surface area contributed by atoms with Crippen molar-refractivity contribution in [2.45, 2.75) is 0 Å². The third kappa shape index (κ3) is 3.83. The molecule has 0 spiro atoms. The van der Waals surface area contributed by atoms with E-state index in [1.54, 1.807) is 6.07 Å². The van der Waals surface area contributed by atoms with Gasteiger partial charge in [-0.2, -0.15) is 29.4 Å². The summed E-state index contributed by atoms with van der Waals surface area (Å²) >= 11 is 0. The van der Waals surface area contributed by atoms with Crippen LogP contribution >= 0.6 is 0 Å². The molecule has 6 aromatic rings. The Morgan fingerprint density at radius 1 is 0.727 bits per heavy atom. The van der Waals surface area contributed by atoms with Gasteiger partial charge in [-0.3, -0.25) is 4.57 Å². The number of para-hydroxylation sites is 1. The van der Waals surface area contributed by atoms with Crippen molar-refractivity contribution >= 4 is 21.8 Å². The summed E-state index contributed by atoms with van der Waals surface area (Å²) in [4.78, 5) is 4.03. The second kappa shape index (κ2) is 8.80. The molecule has 0 atom stereocenters. The quantitative estimate of drug-likeness (QED) is 0.279. The zero-order valence-electron chi connectivity index (χ0n) is 16.7. The molecule has 0 amide bonds. The molecule has 160 valence electrons. The molecule has 0 radical (unpaired) electrons. The first-order valence-electron chi connectivity index (χ1n) is 9.67. The molecule has 33 heavy (non-hydrogen) atoms. The van der Waals surface area contributed by atoms with E-state index in [9.17, 15) is 0 Å². The normalized spacial score (nSPS) is 10.8. The Bertz CT molecular complexity index is 1560. The van der Waals surface area contributed by atoms with Crippen LogP contribution in [-0.2, 0) is 21.1 Å². The number of benzene rings is 3. The van der Waals surface area contributed by atoms with Crippen molar-refractivity contribution in [1.82, 2.24) is 40.1 Å². The first kappa shape index (κ1) is 20.8. The molecule has 0 saturated carbocycles. The predicted octanol–water partition coefficient (Wildman–Crippen LogP) is 3.61. The summed E-state index contributed by atoms with van der Waals surface area (Å²) in [6.45, 7) is 0. The van der Waals surface area contributed by atoms with Crippen LogP contribution in [0.25, 0.3) is 38.9 Å². The molecule has 6 rings (SSSR count). The fourth-order valence-corrected chi connectivity index (χ4v) is 3.59. The van der Waals surface area contributed by atoms with Crippen molar-refractivity contribution in [2.75, 3.05) is 0 Å². The minimum atomic E-state index is 0. The maximum Gasteiger partial charge on any atom is 2.00 e. The van der Waals surface area contributed by atoms with E-state index in [1.165, 1.54) is 18.7 Å². The number of fused-ring (bicyclic) bond motifs is 3. The molecule has 0 fully saturated rings. The van der Waals surface area contributed by atoms with E-state index in [2.05, 4.69) is 59.8 Å². The second-order valence-electron chi connectivity index (χ2n) is 6.79. The SMILES string of the molecule is [Pt+2].[c-]1c(Oc2nccnn2)cccc1-c1[c-]c2c(cc1)c1ccccc1n2-c1nncnn1. The second-order valence-corrected chi connectivity index (χ2v) is 6.79. The molecule has 0 saturated heterocycles. The van der Waals surface area contributed by atoms with Gasteiger partial charge in [-0.05, 0) is 17.0 Å². The summed E-state index contributed by atoms with van der Waals surface area (Å²) in [5.41, 5.74) is 3.39. The summed E-state index contributed by atoms with van der Waals surface area (Å²) in [6.07, 6.45) is 4.30. The van der Waals surface area contributed by atoms with Gasteiger partial charge in [0, 0.05) is 11.3 Å². The van der Waals surface area contributed by atoms with Crippen molar-refractivity contribution in [3.05, 3.63) is 85.5 Å². The molecule has 9 nitrogen and oxygen atoms in total. The van der Waals surface area contributed by atoms with E-state index >= 15 is 0 Å². The fourth-order valence-electron chi connectivity index (χ4n) is 3.59. The van der Waals surface area contributed by atoms with Crippen LogP contribution < -0.4 is 4.74 Å². The summed E-state index contributed by atoms with van der Waals surface area (Å²) in [5, 5.41) is 25.8. The molecule has 10 heteroatoms. The van der Waals surface area contributed by atoms with E-state index in [4.69, 9.17) is 4.74 Å². The summed E-state index contributed by atoms with van der Waals surface area (Å²) in [6, 6.07) is 24.6. The van der Waals surface area contributed by atoms with Gasteiger partial charge in [0.2, 0.25) is 0 Å². The van der Waals surface area contributed by atoms with Crippen molar-refractivity contribution in [1.29, 1.82) is 0 Å². The topological polar surface area (TPSA) is 104 Å². The van der Waals surface area contributed by atoms with E-state index in [0.29, 0.717) is 11.7 Å². The standard InChI is InChI=1S/C23H12N8O.Pt/c1-2-7-20-18(6-1)19-9-8-16(13-21(19)31(20)22-28-26-14-27-29-22)15-4-3-5-17(12-15)32-23-24-10-11-25-30-23;/h1-11,14H;/q-2;+2. The van der Waals surface area contributed by atoms with Crippen molar-refractivity contribution in [3.8, 4) is 28.8 Å². The van der Waals surface area contributed by atoms with Gasteiger partial charge in [0.05, 0.1) is 12.4 Å². The first-order chi connectivity index (χ1) is 15.9. The van der Waals surface area contributed by atoms with Crippen molar-refractivity contribution in [3.63, 3.8) is 0 Å². The fraction of sp³-hybridized carbons (Fsp3) is 0. The Labute approximate surface area is 201 Å². The average molecular weight is 611 g/mol. The van der Waals surface area contributed by atoms with Crippen LogP contribution in [0.15, 0.2) is 73.3 Å². The van der Waals surface area contributed by atoms with Crippen LogP contribution in [0.4, 0.5) is 0 Å². The smallest absolute Gasteiger partial charge is 0.445 e. The minimum Gasteiger partial charge on any atom is -0.445 e. The van der Waals surface area contributed by atoms with Crippen LogP contribution in [0.5, 0.6) is 11.8 Å². The van der Waals surface area contributed by atoms with Crippen LogP contribution in [0, 0.1) is 12.1 Å². The van der Waals surface area contributed by atoms with Gasteiger partial charge in [-0.15, -0.1) is 38.6 Å². The summed E-state index contributed by atoms with van der Waals surface area (Å²) in [7, 11) is 0. The molecular weight excluding hydrogens is 599 g/mol. The Balaban J connectivity index is 0.00000228. The maximum absolute atomic E-state index is 5.67. The number of hydrogen-bond acceptors (Lipinski definition) is 8. The molecule has 3 aromatic heterocycles. The molecule has 3 aromatic carbocycles. The van der Waals surface area contributed by atoms with Gasteiger partial charge < -0.3 is 4.74 Å². The summed E-state index contributed by atoms with van der Waals surface area (Å²) in [5.74, 6) is 0.853.